The van der Waals surface area contributed by atoms with Crippen LogP contribution in [0.4, 0.5) is 5.13 Å². The molecule has 126 valence electrons. The van der Waals surface area contributed by atoms with E-state index in [1.54, 1.807) is 0 Å². The maximum Gasteiger partial charge on any atom is 0.265 e. The van der Waals surface area contributed by atoms with Crippen LogP contribution >= 0.6 is 11.3 Å². The molecule has 3 aromatic heterocycles. The molecule has 10 heteroatoms. The van der Waals surface area contributed by atoms with Crippen LogP contribution in [0.2, 0.25) is 0 Å². The zero-order valence-electron chi connectivity index (χ0n) is 13.0. The maximum atomic E-state index is 12.4. The standard InChI is InChI=1S/C15H12N6O3S/c1-2-24-9-4-3-5-10-11(9)17-15(25-10)19-13(23)8-6-21-7-16-20-14(21)18-12(8)22/h3-7H,2H2,1H3,(H,17,19,23)(H,18,20,22). The van der Waals surface area contributed by atoms with Gasteiger partial charge < -0.3 is 4.74 Å². The molecule has 0 bridgehead atoms. The van der Waals surface area contributed by atoms with Crippen molar-refractivity contribution in [3.8, 4) is 5.75 Å². The van der Waals surface area contributed by atoms with E-state index in [9.17, 15) is 9.59 Å². The number of anilines is 1. The van der Waals surface area contributed by atoms with Crippen LogP contribution in [0.1, 0.15) is 17.3 Å². The molecule has 1 aromatic carbocycles. The van der Waals surface area contributed by atoms with Crippen molar-refractivity contribution >= 4 is 38.4 Å². The third-order valence-electron chi connectivity index (χ3n) is 3.46. The molecule has 0 saturated heterocycles. The summed E-state index contributed by atoms with van der Waals surface area (Å²) in [5.41, 5.74) is 0.0681. The third-order valence-corrected chi connectivity index (χ3v) is 4.39. The van der Waals surface area contributed by atoms with Crippen molar-refractivity contribution in [2.75, 3.05) is 11.9 Å². The molecule has 9 nitrogen and oxygen atoms in total. The number of nitrogens with zero attached hydrogens (tertiary/aromatic N) is 4. The number of hydrogen-bond acceptors (Lipinski definition) is 7. The zero-order valence-corrected chi connectivity index (χ0v) is 13.8. The van der Waals surface area contributed by atoms with E-state index in [-0.39, 0.29) is 11.3 Å². The predicted molar refractivity (Wildman–Crippen MR) is 92.3 cm³/mol. The average molecular weight is 356 g/mol. The highest BCUT2D eigenvalue weighted by Gasteiger charge is 2.16. The molecular formula is C15H12N6O3S. The first kappa shape index (κ1) is 15.3. The summed E-state index contributed by atoms with van der Waals surface area (Å²) in [6.07, 6.45) is 2.77. The first-order chi connectivity index (χ1) is 12.2. The fourth-order valence-corrected chi connectivity index (χ4v) is 3.25. The van der Waals surface area contributed by atoms with Crippen LogP contribution in [-0.2, 0) is 0 Å². The minimum absolute atomic E-state index is 0.0587. The van der Waals surface area contributed by atoms with Crippen LogP contribution in [-0.4, -0.2) is 37.1 Å². The molecule has 0 aliphatic rings. The molecule has 4 aromatic rings. The average Bonchev–Trinajstić information content (AvgIpc) is 3.20. The Morgan fingerprint density at radius 2 is 2.32 bits per heavy atom. The minimum atomic E-state index is -0.561. The summed E-state index contributed by atoms with van der Waals surface area (Å²) >= 11 is 1.30. The number of para-hydroxylation sites is 1. The van der Waals surface area contributed by atoms with Gasteiger partial charge in [0.25, 0.3) is 11.5 Å². The van der Waals surface area contributed by atoms with Gasteiger partial charge in [0.05, 0.1) is 11.3 Å². The number of aromatic nitrogens is 5. The van der Waals surface area contributed by atoms with Gasteiger partial charge in [0, 0.05) is 6.20 Å². The number of rotatable bonds is 4. The van der Waals surface area contributed by atoms with E-state index in [0.717, 1.165) is 4.70 Å². The number of benzene rings is 1. The van der Waals surface area contributed by atoms with Crippen LogP contribution in [0.25, 0.3) is 16.0 Å². The predicted octanol–water partition coefficient (Wildman–Crippen LogP) is 1.68. The topological polar surface area (TPSA) is 114 Å². The normalized spacial score (nSPS) is 11.1. The maximum absolute atomic E-state index is 12.4. The van der Waals surface area contributed by atoms with E-state index >= 15 is 0 Å². The first-order valence-corrected chi connectivity index (χ1v) is 8.23. The molecule has 0 radical (unpaired) electrons. The lowest BCUT2D eigenvalue weighted by atomic mass is 10.3. The SMILES string of the molecule is CCOc1cccc2sc(NC(=O)c3cn4cnnc4[nH]c3=O)nc12. The summed E-state index contributed by atoms with van der Waals surface area (Å²) in [7, 11) is 0. The number of H-pyrrole nitrogens is 1. The Bertz CT molecular complexity index is 1150. The molecule has 2 N–H and O–H groups in total. The Morgan fingerprint density at radius 3 is 3.16 bits per heavy atom. The van der Waals surface area contributed by atoms with Crippen molar-refractivity contribution in [1.82, 2.24) is 24.6 Å². The molecule has 4 rings (SSSR count). The van der Waals surface area contributed by atoms with Crippen molar-refractivity contribution in [2.24, 2.45) is 0 Å². The Labute approximate surface area is 144 Å². The van der Waals surface area contributed by atoms with E-state index in [1.165, 1.54) is 28.3 Å². The quantitative estimate of drug-likeness (QED) is 0.575. The van der Waals surface area contributed by atoms with Crippen LogP contribution in [0.15, 0.2) is 35.5 Å². The number of hydrogen-bond donors (Lipinski definition) is 2. The summed E-state index contributed by atoms with van der Waals surface area (Å²) in [5, 5.41) is 10.4. The Kier molecular flexibility index (Phi) is 3.65. The largest absolute Gasteiger partial charge is 0.492 e. The summed E-state index contributed by atoms with van der Waals surface area (Å²) in [6.45, 7) is 2.41. The molecule has 25 heavy (non-hydrogen) atoms. The lowest BCUT2D eigenvalue weighted by Crippen LogP contribution is -2.24. The molecule has 0 fully saturated rings. The van der Waals surface area contributed by atoms with E-state index in [1.807, 2.05) is 25.1 Å². The van der Waals surface area contributed by atoms with Gasteiger partial charge in [-0.1, -0.05) is 17.4 Å². The second-order valence-electron chi connectivity index (χ2n) is 5.07. The minimum Gasteiger partial charge on any atom is -0.492 e. The van der Waals surface area contributed by atoms with Crippen LogP contribution < -0.4 is 15.6 Å². The number of carbonyl (C=O) groups is 1. The van der Waals surface area contributed by atoms with E-state index in [2.05, 4.69) is 25.5 Å². The number of aromatic amines is 1. The number of amides is 1. The highest BCUT2D eigenvalue weighted by Crippen LogP contribution is 2.32. The van der Waals surface area contributed by atoms with Gasteiger partial charge in [0.15, 0.2) is 5.13 Å². The highest BCUT2D eigenvalue weighted by molar-refractivity contribution is 7.22. The van der Waals surface area contributed by atoms with Crippen molar-refractivity contribution in [3.63, 3.8) is 0 Å². The lowest BCUT2D eigenvalue weighted by Gasteiger charge is -2.02. The van der Waals surface area contributed by atoms with Crippen molar-refractivity contribution < 1.29 is 9.53 Å². The number of thiazole rings is 1. The number of nitrogens with one attached hydrogen (secondary N) is 2. The van der Waals surface area contributed by atoms with E-state index in [4.69, 9.17) is 4.74 Å². The fraction of sp³-hybridized carbons (Fsp3) is 0.133. The smallest absolute Gasteiger partial charge is 0.265 e. The Hall–Kier alpha value is -3.27. The molecule has 1 amide bonds. The summed E-state index contributed by atoms with van der Waals surface area (Å²) in [5.74, 6) is 0.359. The highest BCUT2D eigenvalue weighted by atomic mass is 32.1. The molecule has 0 spiro atoms. The van der Waals surface area contributed by atoms with Gasteiger partial charge in [-0.2, -0.15) is 0 Å². The van der Waals surface area contributed by atoms with E-state index in [0.29, 0.717) is 23.0 Å². The van der Waals surface area contributed by atoms with Crippen LogP contribution in [0.5, 0.6) is 5.75 Å². The van der Waals surface area contributed by atoms with Gasteiger partial charge in [0.2, 0.25) is 5.78 Å². The fourth-order valence-electron chi connectivity index (χ4n) is 2.37. The van der Waals surface area contributed by atoms with Crippen molar-refractivity contribution in [3.05, 3.63) is 46.6 Å². The van der Waals surface area contributed by atoms with Gasteiger partial charge in [-0.25, -0.2) is 4.98 Å². The number of carbonyl (C=O) groups excluding carboxylic acids is 1. The van der Waals surface area contributed by atoms with Gasteiger partial charge >= 0.3 is 0 Å². The number of ether oxygens (including phenoxy) is 1. The number of fused-ring (bicyclic) bond motifs is 2. The first-order valence-electron chi connectivity index (χ1n) is 7.42. The molecule has 0 aliphatic carbocycles. The second-order valence-corrected chi connectivity index (χ2v) is 6.10. The molecule has 0 aliphatic heterocycles. The van der Waals surface area contributed by atoms with Gasteiger partial charge in [-0.05, 0) is 19.1 Å². The van der Waals surface area contributed by atoms with Crippen molar-refractivity contribution in [1.29, 1.82) is 0 Å². The molecule has 3 heterocycles. The molecular weight excluding hydrogens is 344 g/mol. The van der Waals surface area contributed by atoms with Gasteiger partial charge in [0.1, 0.15) is 23.2 Å². The van der Waals surface area contributed by atoms with Crippen LogP contribution in [0, 0.1) is 0 Å². The second kappa shape index (κ2) is 5.98. The summed E-state index contributed by atoms with van der Waals surface area (Å²) < 4.78 is 7.88. The van der Waals surface area contributed by atoms with E-state index < -0.39 is 11.5 Å². The Balaban J connectivity index is 1.68. The lowest BCUT2D eigenvalue weighted by molar-refractivity contribution is 0.102. The van der Waals surface area contributed by atoms with Gasteiger partial charge in [-0.15, -0.1) is 10.2 Å². The Morgan fingerprint density at radius 1 is 1.44 bits per heavy atom. The monoisotopic (exact) mass is 356 g/mol. The van der Waals surface area contributed by atoms with Gasteiger partial charge in [-0.3, -0.25) is 24.3 Å². The molecule has 0 unspecified atom stereocenters. The zero-order chi connectivity index (χ0) is 17.4. The van der Waals surface area contributed by atoms with Crippen LogP contribution in [0.3, 0.4) is 0 Å². The van der Waals surface area contributed by atoms with Crippen molar-refractivity contribution in [2.45, 2.75) is 6.92 Å². The summed E-state index contributed by atoms with van der Waals surface area (Å²) in [6, 6.07) is 5.57. The third kappa shape index (κ3) is 2.72. The molecule has 0 atom stereocenters. The summed E-state index contributed by atoms with van der Waals surface area (Å²) in [4.78, 5) is 31.4. The molecule has 0 saturated carbocycles.